The summed E-state index contributed by atoms with van der Waals surface area (Å²) in [6.45, 7) is 0. The lowest BCUT2D eigenvalue weighted by molar-refractivity contribution is -0.142. The van der Waals surface area contributed by atoms with Gasteiger partial charge in [0.05, 0.1) is 5.41 Å². The Kier molecular flexibility index (Phi) is 4.49. The second kappa shape index (κ2) is 6.53. The van der Waals surface area contributed by atoms with Crippen LogP contribution in [-0.2, 0) is 10.2 Å². The summed E-state index contributed by atoms with van der Waals surface area (Å²) in [4.78, 5) is 12.9. The Morgan fingerprint density at radius 3 is 2.18 bits per heavy atom. The van der Waals surface area contributed by atoms with E-state index in [-0.39, 0.29) is 5.97 Å². The van der Waals surface area contributed by atoms with E-state index in [1.807, 2.05) is 54.6 Å². The van der Waals surface area contributed by atoms with Crippen molar-refractivity contribution in [2.45, 2.75) is 37.5 Å². The molecule has 0 bridgehead atoms. The SMILES string of the molecule is O=C(Oc1ccccc1)C1(c2ccc(Cl)cc2)CCCCC1. The molecule has 0 saturated heterocycles. The number of hydrogen-bond donors (Lipinski definition) is 0. The summed E-state index contributed by atoms with van der Waals surface area (Å²) < 4.78 is 5.67. The Labute approximate surface area is 136 Å². The summed E-state index contributed by atoms with van der Waals surface area (Å²) in [6, 6.07) is 16.9. The molecule has 0 spiro atoms. The number of para-hydroxylation sites is 1. The van der Waals surface area contributed by atoms with Gasteiger partial charge in [-0.25, -0.2) is 0 Å². The molecule has 2 aromatic carbocycles. The van der Waals surface area contributed by atoms with Gasteiger partial charge in [-0.2, -0.15) is 0 Å². The Bertz CT molecular complexity index is 628. The van der Waals surface area contributed by atoms with Crippen molar-refractivity contribution in [3.05, 3.63) is 65.2 Å². The molecule has 3 rings (SSSR count). The highest BCUT2D eigenvalue weighted by Crippen LogP contribution is 2.41. The van der Waals surface area contributed by atoms with Crippen LogP contribution in [0.15, 0.2) is 54.6 Å². The van der Waals surface area contributed by atoms with Crippen molar-refractivity contribution in [2.24, 2.45) is 0 Å². The normalized spacial score (nSPS) is 17.0. The third-order valence-corrected chi connectivity index (χ3v) is 4.70. The zero-order chi connectivity index (χ0) is 15.4. The van der Waals surface area contributed by atoms with E-state index in [2.05, 4.69) is 0 Å². The fraction of sp³-hybridized carbons (Fsp3) is 0.316. The van der Waals surface area contributed by atoms with Crippen LogP contribution in [0.25, 0.3) is 0 Å². The third kappa shape index (κ3) is 3.02. The first-order chi connectivity index (χ1) is 10.7. The molecular formula is C19H19ClO2. The summed E-state index contributed by atoms with van der Waals surface area (Å²) >= 11 is 5.99. The summed E-state index contributed by atoms with van der Waals surface area (Å²) in [5, 5.41) is 0.686. The molecule has 0 N–H and O–H groups in total. The molecule has 0 unspecified atom stereocenters. The predicted octanol–water partition coefficient (Wildman–Crippen LogP) is 5.15. The average Bonchev–Trinajstić information content (AvgIpc) is 2.57. The van der Waals surface area contributed by atoms with Crippen molar-refractivity contribution >= 4 is 17.6 Å². The smallest absolute Gasteiger partial charge is 0.321 e. The quantitative estimate of drug-likeness (QED) is 0.578. The molecule has 0 aromatic heterocycles. The standard InChI is InChI=1S/C19H19ClO2/c20-16-11-9-15(10-12-16)19(13-5-2-6-14-19)18(21)22-17-7-3-1-4-8-17/h1,3-4,7-12H,2,5-6,13-14H2. The first-order valence-electron chi connectivity index (χ1n) is 7.74. The second-order valence-electron chi connectivity index (χ2n) is 5.85. The van der Waals surface area contributed by atoms with Crippen LogP contribution in [-0.4, -0.2) is 5.97 Å². The van der Waals surface area contributed by atoms with Gasteiger partial charge in [0.15, 0.2) is 0 Å². The van der Waals surface area contributed by atoms with E-state index in [1.165, 1.54) is 6.42 Å². The number of carbonyl (C=O) groups is 1. The predicted molar refractivity (Wildman–Crippen MR) is 88.3 cm³/mol. The van der Waals surface area contributed by atoms with Crippen LogP contribution in [0.3, 0.4) is 0 Å². The third-order valence-electron chi connectivity index (χ3n) is 4.45. The highest BCUT2D eigenvalue weighted by atomic mass is 35.5. The Balaban J connectivity index is 1.91. The van der Waals surface area contributed by atoms with Gasteiger partial charge in [-0.05, 0) is 42.7 Å². The highest BCUT2D eigenvalue weighted by molar-refractivity contribution is 6.30. The minimum absolute atomic E-state index is 0.152. The molecule has 114 valence electrons. The van der Waals surface area contributed by atoms with Crippen molar-refractivity contribution in [1.82, 2.24) is 0 Å². The van der Waals surface area contributed by atoms with Gasteiger partial charge >= 0.3 is 5.97 Å². The lowest BCUT2D eigenvalue weighted by atomic mass is 9.69. The molecule has 0 aliphatic heterocycles. The number of ether oxygens (including phenoxy) is 1. The lowest BCUT2D eigenvalue weighted by Gasteiger charge is -2.35. The largest absolute Gasteiger partial charge is 0.426 e. The minimum Gasteiger partial charge on any atom is -0.426 e. The van der Waals surface area contributed by atoms with Gasteiger partial charge in [-0.1, -0.05) is 61.2 Å². The van der Waals surface area contributed by atoms with E-state index in [1.54, 1.807) is 0 Å². The number of rotatable bonds is 3. The molecule has 1 aliphatic carbocycles. The zero-order valence-corrected chi connectivity index (χ0v) is 13.2. The van der Waals surface area contributed by atoms with Crippen LogP contribution in [0.1, 0.15) is 37.7 Å². The van der Waals surface area contributed by atoms with Crippen LogP contribution in [0.2, 0.25) is 5.02 Å². The Morgan fingerprint density at radius 2 is 1.55 bits per heavy atom. The van der Waals surface area contributed by atoms with Crippen LogP contribution in [0, 0.1) is 0 Å². The molecule has 2 nitrogen and oxygen atoms in total. The van der Waals surface area contributed by atoms with Crippen LogP contribution >= 0.6 is 11.6 Å². The Morgan fingerprint density at radius 1 is 0.909 bits per heavy atom. The van der Waals surface area contributed by atoms with Gasteiger partial charge in [-0.15, -0.1) is 0 Å². The van der Waals surface area contributed by atoms with Crippen molar-refractivity contribution < 1.29 is 9.53 Å². The van der Waals surface area contributed by atoms with Crippen LogP contribution in [0.4, 0.5) is 0 Å². The first kappa shape index (κ1) is 15.1. The maximum atomic E-state index is 12.9. The van der Waals surface area contributed by atoms with E-state index < -0.39 is 5.41 Å². The molecule has 0 amide bonds. The fourth-order valence-corrected chi connectivity index (χ4v) is 3.35. The monoisotopic (exact) mass is 314 g/mol. The Hall–Kier alpha value is -1.80. The summed E-state index contributed by atoms with van der Waals surface area (Å²) in [6.07, 6.45) is 4.94. The maximum absolute atomic E-state index is 12.9. The number of benzene rings is 2. The highest BCUT2D eigenvalue weighted by Gasteiger charge is 2.42. The van der Waals surface area contributed by atoms with E-state index in [4.69, 9.17) is 16.3 Å². The molecule has 3 heteroatoms. The average molecular weight is 315 g/mol. The maximum Gasteiger partial charge on any atom is 0.321 e. The first-order valence-corrected chi connectivity index (χ1v) is 8.12. The van der Waals surface area contributed by atoms with Gasteiger partial charge in [0, 0.05) is 5.02 Å². The van der Waals surface area contributed by atoms with E-state index in [9.17, 15) is 4.79 Å². The molecule has 2 aromatic rings. The molecular weight excluding hydrogens is 296 g/mol. The number of esters is 1. The number of halogens is 1. The van der Waals surface area contributed by atoms with Gasteiger partial charge in [0.25, 0.3) is 0 Å². The van der Waals surface area contributed by atoms with Gasteiger partial charge in [0.2, 0.25) is 0 Å². The molecule has 1 fully saturated rings. The molecule has 0 atom stereocenters. The summed E-state index contributed by atoms with van der Waals surface area (Å²) in [7, 11) is 0. The second-order valence-corrected chi connectivity index (χ2v) is 6.29. The van der Waals surface area contributed by atoms with Crippen molar-refractivity contribution in [3.63, 3.8) is 0 Å². The lowest BCUT2D eigenvalue weighted by Crippen LogP contribution is -2.41. The van der Waals surface area contributed by atoms with Gasteiger partial charge in [-0.3, -0.25) is 4.79 Å². The van der Waals surface area contributed by atoms with Gasteiger partial charge < -0.3 is 4.74 Å². The molecule has 0 radical (unpaired) electrons. The van der Waals surface area contributed by atoms with E-state index in [0.717, 1.165) is 31.2 Å². The van der Waals surface area contributed by atoms with E-state index in [0.29, 0.717) is 10.8 Å². The zero-order valence-electron chi connectivity index (χ0n) is 12.4. The van der Waals surface area contributed by atoms with Gasteiger partial charge in [0.1, 0.15) is 5.75 Å². The fourth-order valence-electron chi connectivity index (χ4n) is 3.23. The van der Waals surface area contributed by atoms with E-state index >= 15 is 0 Å². The van der Waals surface area contributed by atoms with Crippen LogP contribution in [0.5, 0.6) is 5.75 Å². The number of carbonyl (C=O) groups excluding carboxylic acids is 1. The topological polar surface area (TPSA) is 26.3 Å². The van der Waals surface area contributed by atoms with Crippen molar-refractivity contribution in [2.75, 3.05) is 0 Å². The summed E-state index contributed by atoms with van der Waals surface area (Å²) in [5.74, 6) is 0.451. The van der Waals surface area contributed by atoms with Crippen LogP contribution < -0.4 is 4.74 Å². The molecule has 22 heavy (non-hydrogen) atoms. The number of hydrogen-bond acceptors (Lipinski definition) is 2. The summed E-state index contributed by atoms with van der Waals surface area (Å²) in [5.41, 5.74) is 0.469. The van der Waals surface area contributed by atoms with Crippen molar-refractivity contribution in [1.29, 1.82) is 0 Å². The molecule has 0 heterocycles. The minimum atomic E-state index is -0.543. The molecule has 1 aliphatic rings. The van der Waals surface area contributed by atoms with Crippen molar-refractivity contribution in [3.8, 4) is 5.75 Å². The molecule has 1 saturated carbocycles.